The van der Waals surface area contributed by atoms with Crippen molar-refractivity contribution in [3.63, 3.8) is 0 Å². The zero-order valence-corrected chi connectivity index (χ0v) is 27.2. The van der Waals surface area contributed by atoms with E-state index in [-0.39, 0.29) is 32.7 Å². The molecule has 39 heavy (non-hydrogen) atoms. The Morgan fingerprint density at radius 1 is 0.949 bits per heavy atom. The van der Waals surface area contributed by atoms with Crippen molar-refractivity contribution in [2.24, 2.45) is 7.05 Å². The number of para-hydroxylation sites is 1. The molecule has 5 rings (SSSR count). The van der Waals surface area contributed by atoms with Crippen LogP contribution in [-0.4, -0.2) is 9.13 Å². The van der Waals surface area contributed by atoms with Gasteiger partial charge < -0.3 is 10.6 Å². The molecule has 0 amide bonds. The minimum Gasteiger partial charge on any atom is -0.335 e. The number of imidazole rings is 1. The number of rotatable bonds is 6. The van der Waals surface area contributed by atoms with Gasteiger partial charge in [0, 0.05) is 41.0 Å². The first-order chi connectivity index (χ1) is 18.8. The molecule has 2 aromatic heterocycles. The Morgan fingerprint density at radius 3 is 2.18 bits per heavy atom. The third-order valence-electron chi connectivity index (χ3n) is 7.37. The SMILES string of the molecule is [2H]C(C)(C)c1cc(-c2ccccc2)cc(C([2H])(C)C)c1-n1cc[n+](C)c1-n1c(C(C)=[C-]C)[c-]c2cccc(C)c21.[Y]. The van der Waals surface area contributed by atoms with Crippen molar-refractivity contribution in [1.29, 1.82) is 0 Å². The van der Waals surface area contributed by atoms with Crippen LogP contribution in [0.3, 0.4) is 0 Å². The molecule has 3 aromatic carbocycles. The van der Waals surface area contributed by atoms with Gasteiger partial charge in [-0.2, -0.15) is 0 Å². The maximum atomic E-state index is 9.27. The maximum absolute atomic E-state index is 9.27. The molecule has 0 aliphatic carbocycles. The van der Waals surface area contributed by atoms with Crippen LogP contribution in [0, 0.1) is 19.1 Å². The quantitative estimate of drug-likeness (QED) is 0.139. The molecule has 4 heteroatoms. The summed E-state index contributed by atoms with van der Waals surface area (Å²) in [5.41, 5.74) is 8.89. The molecular weight excluding hydrogens is 551 g/mol. The van der Waals surface area contributed by atoms with Crippen LogP contribution in [0.1, 0.15) is 78.5 Å². The van der Waals surface area contributed by atoms with Crippen LogP contribution < -0.4 is 4.57 Å². The molecule has 0 saturated heterocycles. The topological polar surface area (TPSA) is 13.7 Å². The van der Waals surface area contributed by atoms with Gasteiger partial charge in [0.25, 0.3) is 0 Å². The van der Waals surface area contributed by atoms with Gasteiger partial charge in [-0.25, -0.2) is 15.2 Å². The van der Waals surface area contributed by atoms with E-state index >= 15 is 0 Å². The molecule has 2 heterocycles. The summed E-state index contributed by atoms with van der Waals surface area (Å²) in [6, 6.07) is 24.4. The average Bonchev–Trinajstić information content (AvgIpc) is 3.47. The third-order valence-corrected chi connectivity index (χ3v) is 7.37. The van der Waals surface area contributed by atoms with Crippen molar-refractivity contribution < 1.29 is 40.0 Å². The Kier molecular flexibility index (Phi) is 8.00. The zero-order valence-electron chi connectivity index (χ0n) is 26.3. The summed E-state index contributed by atoms with van der Waals surface area (Å²) in [4.78, 5) is 0. The van der Waals surface area contributed by atoms with E-state index in [0.29, 0.717) is 0 Å². The molecule has 3 nitrogen and oxygen atoms in total. The fourth-order valence-corrected chi connectivity index (χ4v) is 5.30. The van der Waals surface area contributed by atoms with Gasteiger partial charge in [0.15, 0.2) is 0 Å². The summed E-state index contributed by atoms with van der Waals surface area (Å²) < 4.78 is 25.1. The van der Waals surface area contributed by atoms with E-state index in [2.05, 4.69) is 88.4 Å². The molecule has 0 unspecified atom stereocenters. The minimum atomic E-state index is -0.920. The van der Waals surface area contributed by atoms with Crippen LogP contribution in [0.5, 0.6) is 0 Å². The van der Waals surface area contributed by atoms with Crippen LogP contribution >= 0.6 is 0 Å². The average molecular weight is 592 g/mol. The summed E-state index contributed by atoms with van der Waals surface area (Å²) in [5, 5.41) is 1.04. The Labute approximate surface area is 261 Å². The number of nitrogens with zero attached hydrogens (tertiary/aromatic N) is 3. The molecule has 0 bridgehead atoms. The number of fused-ring (bicyclic) bond motifs is 1. The van der Waals surface area contributed by atoms with Crippen molar-refractivity contribution in [2.45, 2.75) is 60.3 Å². The molecule has 1 radical (unpaired) electrons. The predicted molar refractivity (Wildman–Crippen MR) is 159 cm³/mol. The van der Waals surface area contributed by atoms with Gasteiger partial charge >= 0.3 is 5.95 Å². The van der Waals surface area contributed by atoms with E-state index in [4.69, 9.17) is 0 Å². The molecule has 0 fully saturated rings. The van der Waals surface area contributed by atoms with Gasteiger partial charge in [0.05, 0.1) is 13.2 Å². The maximum Gasteiger partial charge on any atom is 0.347 e. The van der Waals surface area contributed by atoms with Crippen molar-refractivity contribution in [3.8, 4) is 22.8 Å². The van der Waals surface area contributed by atoms with Crippen LogP contribution in [0.25, 0.3) is 39.2 Å². The Bertz CT molecular complexity index is 1710. The summed E-state index contributed by atoms with van der Waals surface area (Å²) in [6.07, 6.45) is 7.43. The van der Waals surface area contributed by atoms with Crippen molar-refractivity contribution in [1.82, 2.24) is 9.13 Å². The van der Waals surface area contributed by atoms with Crippen LogP contribution in [-0.2, 0) is 39.8 Å². The standard InChI is InChI=1S/C35H38N3.Y/c1-9-25(6)32-22-28-17-13-14-26(7)33(28)38(32)35-36(8)18-19-37(35)34-30(23(2)3)20-29(21-31(34)24(4)5)27-15-11-10-12-16-27;/h10-21,23-24H,1-8H3;/q-1;/i23D,24D;. The van der Waals surface area contributed by atoms with Crippen LogP contribution in [0.4, 0.5) is 0 Å². The summed E-state index contributed by atoms with van der Waals surface area (Å²) in [6.45, 7) is 13.8. The molecule has 0 aliphatic heterocycles. The van der Waals surface area contributed by atoms with Crippen LogP contribution in [0.2, 0.25) is 0 Å². The van der Waals surface area contributed by atoms with Gasteiger partial charge in [-0.15, -0.1) is 37.1 Å². The van der Waals surface area contributed by atoms with Gasteiger partial charge in [-0.3, -0.25) is 5.57 Å². The number of allylic oxidation sites excluding steroid dienone is 2. The number of benzene rings is 3. The van der Waals surface area contributed by atoms with Crippen LogP contribution in [0.15, 0.2) is 73.1 Å². The number of hydrogen-bond donors (Lipinski definition) is 0. The summed E-state index contributed by atoms with van der Waals surface area (Å²) >= 11 is 0. The first-order valence-corrected chi connectivity index (χ1v) is 13.2. The first kappa shape index (κ1) is 26.5. The van der Waals surface area contributed by atoms with E-state index in [9.17, 15) is 2.74 Å². The van der Waals surface area contributed by atoms with E-state index in [1.165, 1.54) is 0 Å². The summed E-state index contributed by atoms with van der Waals surface area (Å²) in [7, 11) is 2.05. The molecule has 5 aromatic rings. The molecule has 0 spiro atoms. The minimum absolute atomic E-state index is 0. The van der Waals surface area contributed by atoms with Crippen molar-refractivity contribution in [2.75, 3.05) is 0 Å². The Hall–Kier alpha value is -2.75. The Balaban J connectivity index is 0.00000387. The van der Waals surface area contributed by atoms with E-state index in [1.54, 1.807) is 0 Å². The second-order valence-corrected chi connectivity index (χ2v) is 10.5. The number of aromatic nitrogens is 3. The fraction of sp³-hybridized carbons (Fsp3) is 0.286. The molecule has 0 N–H and O–H groups in total. The smallest absolute Gasteiger partial charge is 0.335 e. The van der Waals surface area contributed by atoms with Gasteiger partial charge in [0.1, 0.15) is 11.9 Å². The molecule has 0 atom stereocenters. The second kappa shape index (κ2) is 11.8. The second-order valence-electron chi connectivity index (χ2n) is 10.5. The number of aryl methyl sites for hydroxylation is 2. The summed E-state index contributed by atoms with van der Waals surface area (Å²) in [5.74, 6) is -0.929. The van der Waals surface area contributed by atoms with Gasteiger partial charge in [-0.05, 0) is 53.1 Å². The normalized spacial score (nSPS) is 13.3. The third kappa shape index (κ3) is 5.24. The van der Waals surface area contributed by atoms with E-state index < -0.39 is 11.8 Å². The van der Waals surface area contributed by atoms with E-state index in [0.717, 1.165) is 61.6 Å². The fourth-order valence-electron chi connectivity index (χ4n) is 5.30. The molecule has 0 saturated carbocycles. The zero-order chi connectivity index (χ0) is 29.0. The van der Waals surface area contributed by atoms with Gasteiger partial charge in [0.2, 0.25) is 0 Å². The largest absolute Gasteiger partial charge is 0.347 e. The van der Waals surface area contributed by atoms with Crippen molar-refractivity contribution >= 4 is 16.5 Å². The first-order valence-electron chi connectivity index (χ1n) is 14.2. The predicted octanol–water partition coefficient (Wildman–Crippen LogP) is 8.49. The van der Waals surface area contributed by atoms with Gasteiger partial charge in [-0.1, -0.05) is 69.7 Å². The molecule has 197 valence electrons. The monoisotopic (exact) mass is 591 g/mol. The van der Waals surface area contributed by atoms with E-state index in [1.807, 2.05) is 66.1 Å². The van der Waals surface area contributed by atoms with Crippen molar-refractivity contribution in [3.05, 3.63) is 108 Å². The molecular formula is C35H38N3Y-. The number of hydrogen-bond acceptors (Lipinski definition) is 0. The Morgan fingerprint density at radius 2 is 1.59 bits per heavy atom. The molecule has 0 aliphatic rings.